The molecule has 0 aromatic heterocycles. The summed E-state index contributed by atoms with van der Waals surface area (Å²) < 4.78 is 4.61. The van der Waals surface area contributed by atoms with Crippen molar-refractivity contribution in [3.05, 3.63) is 12.2 Å². The van der Waals surface area contributed by atoms with Gasteiger partial charge in [0, 0.05) is 38.1 Å². The first-order chi connectivity index (χ1) is 9.11. The number of carbonyl (C=O) groups is 2. The highest BCUT2D eigenvalue weighted by Gasteiger charge is 2.32. The van der Waals surface area contributed by atoms with Crippen molar-refractivity contribution in [1.82, 2.24) is 9.80 Å². The molecule has 0 saturated carbocycles. The zero-order valence-corrected chi connectivity index (χ0v) is 11.7. The predicted octanol–water partition coefficient (Wildman–Crippen LogP) is 0.658. The minimum atomic E-state index is -0.319. The van der Waals surface area contributed by atoms with Crippen LogP contribution in [0.4, 0.5) is 0 Å². The zero-order valence-electron chi connectivity index (χ0n) is 11.7. The molecule has 2 aliphatic rings. The Kier molecular flexibility index (Phi) is 4.58. The van der Waals surface area contributed by atoms with Crippen molar-refractivity contribution in [1.29, 1.82) is 0 Å². The van der Waals surface area contributed by atoms with Crippen LogP contribution in [0.3, 0.4) is 0 Å². The van der Waals surface area contributed by atoms with Crippen LogP contribution in [0.2, 0.25) is 0 Å². The maximum Gasteiger partial charge on any atom is 0.306 e. The fourth-order valence-electron chi connectivity index (χ4n) is 2.76. The van der Waals surface area contributed by atoms with Crippen LogP contribution in [0.25, 0.3) is 0 Å². The Morgan fingerprint density at radius 3 is 2.68 bits per heavy atom. The van der Waals surface area contributed by atoms with Gasteiger partial charge in [0.05, 0.1) is 13.5 Å². The summed E-state index contributed by atoms with van der Waals surface area (Å²) in [6.45, 7) is 5.36. The van der Waals surface area contributed by atoms with Crippen LogP contribution < -0.4 is 0 Å². The van der Waals surface area contributed by atoms with Crippen LogP contribution in [-0.2, 0) is 14.3 Å². The Bertz CT molecular complexity index is 373. The van der Waals surface area contributed by atoms with Gasteiger partial charge in [-0.2, -0.15) is 0 Å². The largest absolute Gasteiger partial charge is 0.469 e. The van der Waals surface area contributed by atoms with Crippen LogP contribution in [0.5, 0.6) is 0 Å². The summed E-state index contributed by atoms with van der Waals surface area (Å²) in [6, 6.07) is 0.462. The van der Waals surface area contributed by atoms with E-state index in [9.17, 15) is 9.59 Å². The molecule has 2 aliphatic heterocycles. The lowest BCUT2D eigenvalue weighted by molar-refractivity contribution is -0.146. The van der Waals surface area contributed by atoms with Crippen molar-refractivity contribution in [3.63, 3.8) is 0 Å². The summed E-state index contributed by atoms with van der Waals surface area (Å²) in [7, 11) is 1.35. The zero-order chi connectivity index (χ0) is 13.8. The van der Waals surface area contributed by atoms with Gasteiger partial charge in [0.15, 0.2) is 0 Å². The van der Waals surface area contributed by atoms with Gasteiger partial charge in [-0.1, -0.05) is 19.1 Å². The molecule has 2 atom stereocenters. The minimum Gasteiger partial charge on any atom is -0.469 e. The summed E-state index contributed by atoms with van der Waals surface area (Å²) in [5.41, 5.74) is 0. The molecule has 0 bridgehead atoms. The van der Waals surface area contributed by atoms with E-state index < -0.39 is 0 Å². The van der Waals surface area contributed by atoms with E-state index in [1.165, 1.54) is 7.11 Å². The number of nitrogens with zero attached hydrogens (tertiary/aromatic N) is 2. The van der Waals surface area contributed by atoms with Gasteiger partial charge < -0.3 is 9.64 Å². The number of esters is 1. The van der Waals surface area contributed by atoms with Gasteiger partial charge in [-0.3, -0.25) is 14.5 Å². The summed E-state index contributed by atoms with van der Waals surface area (Å²) in [5, 5.41) is 0. The highest BCUT2D eigenvalue weighted by Crippen LogP contribution is 2.20. The average Bonchev–Trinajstić information content (AvgIpc) is 3.07. The number of hydrogen-bond acceptors (Lipinski definition) is 4. The Balaban J connectivity index is 1.82. The lowest BCUT2D eigenvalue weighted by atomic mass is 10.1. The molecule has 0 spiro atoms. The number of likely N-dealkylation sites (tertiary alicyclic amines) is 1. The predicted molar refractivity (Wildman–Crippen MR) is 71.5 cm³/mol. The van der Waals surface area contributed by atoms with Crippen molar-refractivity contribution in [2.75, 3.05) is 33.3 Å². The Morgan fingerprint density at radius 2 is 2.05 bits per heavy atom. The van der Waals surface area contributed by atoms with Crippen molar-refractivity contribution in [3.8, 4) is 0 Å². The normalized spacial score (nSPS) is 24.7. The van der Waals surface area contributed by atoms with Crippen molar-refractivity contribution in [2.24, 2.45) is 5.92 Å². The maximum absolute atomic E-state index is 12.2. The van der Waals surface area contributed by atoms with Gasteiger partial charge in [0.25, 0.3) is 0 Å². The van der Waals surface area contributed by atoms with Gasteiger partial charge >= 0.3 is 5.97 Å². The molecule has 1 saturated heterocycles. The van der Waals surface area contributed by atoms with E-state index in [1.807, 2.05) is 4.90 Å². The number of rotatable bonds is 4. The molecule has 0 N–H and O–H groups in total. The molecule has 1 amide bonds. The fourth-order valence-corrected chi connectivity index (χ4v) is 2.76. The summed E-state index contributed by atoms with van der Waals surface area (Å²) >= 11 is 0. The molecule has 0 aromatic rings. The molecule has 0 aliphatic carbocycles. The second kappa shape index (κ2) is 6.19. The van der Waals surface area contributed by atoms with Crippen LogP contribution in [-0.4, -0.2) is 61.0 Å². The third-order valence-electron chi connectivity index (χ3n) is 3.96. The summed E-state index contributed by atoms with van der Waals surface area (Å²) in [6.07, 6.45) is 5.54. The Morgan fingerprint density at radius 1 is 1.37 bits per heavy atom. The average molecular weight is 266 g/mol. The third-order valence-corrected chi connectivity index (χ3v) is 3.96. The maximum atomic E-state index is 12.2. The molecule has 0 unspecified atom stereocenters. The van der Waals surface area contributed by atoms with Crippen LogP contribution in [0.1, 0.15) is 19.8 Å². The molecule has 0 aromatic carbocycles. The van der Waals surface area contributed by atoms with Gasteiger partial charge in [-0.15, -0.1) is 0 Å². The third kappa shape index (κ3) is 3.35. The fraction of sp³-hybridized carbons (Fsp3) is 0.714. The highest BCUT2D eigenvalue weighted by atomic mass is 16.5. The lowest BCUT2D eigenvalue weighted by Gasteiger charge is -2.24. The number of carbonyl (C=O) groups excluding carboxylic acids is 2. The second-order valence-electron chi connectivity index (χ2n) is 5.33. The van der Waals surface area contributed by atoms with Crippen LogP contribution in [0, 0.1) is 5.92 Å². The molecule has 106 valence electrons. The number of hydrogen-bond donors (Lipinski definition) is 0. The monoisotopic (exact) mass is 266 g/mol. The van der Waals surface area contributed by atoms with E-state index in [4.69, 9.17) is 0 Å². The minimum absolute atomic E-state index is 0.0695. The number of ether oxygens (including phenoxy) is 1. The SMILES string of the molecule is COC(=O)C[C@@H](C)C(=O)N1CC[C@@H](N2CC=CC2)C1. The van der Waals surface area contributed by atoms with E-state index in [1.54, 1.807) is 6.92 Å². The van der Waals surface area contributed by atoms with Crippen molar-refractivity contribution < 1.29 is 14.3 Å². The highest BCUT2D eigenvalue weighted by molar-refractivity contribution is 5.83. The first kappa shape index (κ1) is 14.1. The molecule has 19 heavy (non-hydrogen) atoms. The van der Waals surface area contributed by atoms with E-state index in [-0.39, 0.29) is 24.2 Å². The van der Waals surface area contributed by atoms with E-state index >= 15 is 0 Å². The molecule has 0 radical (unpaired) electrons. The first-order valence-electron chi connectivity index (χ1n) is 6.86. The summed E-state index contributed by atoms with van der Waals surface area (Å²) in [4.78, 5) is 27.7. The van der Waals surface area contributed by atoms with E-state index in [0.29, 0.717) is 6.04 Å². The Labute approximate surface area is 114 Å². The number of amides is 1. The molecular weight excluding hydrogens is 244 g/mol. The smallest absolute Gasteiger partial charge is 0.306 e. The van der Waals surface area contributed by atoms with Gasteiger partial charge in [0.2, 0.25) is 5.91 Å². The lowest BCUT2D eigenvalue weighted by Crippen LogP contribution is -2.39. The molecule has 2 heterocycles. The molecule has 1 fully saturated rings. The molecule has 5 heteroatoms. The summed E-state index contributed by atoms with van der Waals surface area (Å²) in [5.74, 6) is -0.539. The van der Waals surface area contributed by atoms with Crippen molar-refractivity contribution >= 4 is 11.9 Å². The molecule has 2 rings (SSSR count). The van der Waals surface area contributed by atoms with Crippen molar-refractivity contribution in [2.45, 2.75) is 25.8 Å². The Hall–Kier alpha value is -1.36. The van der Waals surface area contributed by atoms with Crippen LogP contribution in [0.15, 0.2) is 12.2 Å². The molecular formula is C14H22N2O3. The van der Waals surface area contributed by atoms with E-state index in [2.05, 4.69) is 21.8 Å². The van der Waals surface area contributed by atoms with E-state index in [0.717, 1.165) is 32.6 Å². The molecule has 5 nitrogen and oxygen atoms in total. The van der Waals surface area contributed by atoms with Gasteiger partial charge in [-0.25, -0.2) is 0 Å². The quantitative estimate of drug-likeness (QED) is 0.554. The topological polar surface area (TPSA) is 49.9 Å². The van der Waals surface area contributed by atoms with Crippen LogP contribution >= 0.6 is 0 Å². The van der Waals surface area contributed by atoms with Gasteiger partial charge in [-0.05, 0) is 6.42 Å². The standard InChI is InChI=1S/C14H22N2O3/c1-11(9-13(17)19-2)14(18)16-8-5-12(10-16)15-6-3-4-7-15/h3-4,11-12H,5-10H2,1-2H3/t11-,12-/m1/s1. The number of methoxy groups -OCH3 is 1. The first-order valence-corrected chi connectivity index (χ1v) is 6.86. The van der Waals surface area contributed by atoms with Gasteiger partial charge in [0.1, 0.15) is 0 Å². The second-order valence-corrected chi connectivity index (χ2v) is 5.33.